The third kappa shape index (κ3) is 3.71. The van der Waals surface area contributed by atoms with E-state index in [9.17, 15) is 0 Å². The summed E-state index contributed by atoms with van der Waals surface area (Å²) in [6, 6.07) is 34.5. The van der Waals surface area contributed by atoms with Crippen LogP contribution in [0, 0.1) is 0 Å². The van der Waals surface area contributed by atoms with E-state index in [-0.39, 0.29) is 0 Å². The monoisotopic (exact) mass is 394 g/mol. The lowest BCUT2D eigenvalue weighted by Crippen LogP contribution is -1.91. The van der Waals surface area contributed by atoms with Gasteiger partial charge < -0.3 is 10.1 Å². The molecule has 1 aromatic heterocycles. The summed E-state index contributed by atoms with van der Waals surface area (Å²) < 4.78 is 6.19. The Balaban J connectivity index is 1.55. The van der Waals surface area contributed by atoms with Gasteiger partial charge >= 0.3 is 0 Å². The largest absolute Gasteiger partial charge is 0.444 e. The van der Waals surface area contributed by atoms with Gasteiger partial charge in [0.15, 0.2) is 5.13 Å². The molecule has 5 rings (SSSR count). The number of rotatable bonds is 5. The van der Waals surface area contributed by atoms with Crippen molar-refractivity contribution in [2.45, 2.75) is 0 Å². The minimum atomic E-state index is 0.769. The van der Waals surface area contributed by atoms with Crippen LogP contribution in [0.5, 0.6) is 10.8 Å². The van der Waals surface area contributed by atoms with Crippen molar-refractivity contribution in [3.05, 3.63) is 103 Å². The molecule has 0 unspecified atom stereocenters. The smallest absolute Gasteiger partial charge is 0.210 e. The van der Waals surface area contributed by atoms with Crippen LogP contribution in [0.2, 0.25) is 0 Å². The van der Waals surface area contributed by atoms with Crippen molar-refractivity contribution >= 4 is 32.9 Å². The molecule has 0 fully saturated rings. The zero-order chi connectivity index (χ0) is 19.5. The Kier molecular flexibility index (Phi) is 4.68. The lowest BCUT2D eigenvalue weighted by atomic mass is 10.1. The third-order valence-corrected chi connectivity index (χ3v) is 5.48. The molecule has 5 aromatic rings. The number of ether oxygens (including phenoxy) is 1. The highest BCUT2D eigenvalue weighted by molar-refractivity contribution is 7.18. The second-order valence-electron chi connectivity index (χ2n) is 6.59. The van der Waals surface area contributed by atoms with Crippen LogP contribution in [0.4, 0.5) is 10.8 Å². The van der Waals surface area contributed by atoms with Crippen LogP contribution in [0.3, 0.4) is 0 Å². The number of nitrogens with zero attached hydrogens (tertiary/aromatic N) is 1. The second-order valence-corrected chi connectivity index (χ2v) is 7.55. The summed E-state index contributed by atoms with van der Waals surface area (Å²) in [6.45, 7) is 0. The number of fused-ring (bicyclic) bond motifs is 1. The Bertz CT molecular complexity index is 1240. The summed E-state index contributed by atoms with van der Waals surface area (Å²) in [5.41, 5.74) is 2.89. The highest BCUT2D eigenvalue weighted by Crippen LogP contribution is 2.41. The van der Waals surface area contributed by atoms with Crippen molar-refractivity contribution in [3.8, 4) is 22.1 Å². The van der Waals surface area contributed by atoms with Crippen molar-refractivity contribution in [3.63, 3.8) is 0 Å². The predicted octanol–water partition coefficient (Wildman–Crippen LogP) is 7.50. The van der Waals surface area contributed by atoms with Gasteiger partial charge in [-0.25, -0.2) is 4.98 Å². The number of nitrogens with one attached hydrogen (secondary N) is 1. The van der Waals surface area contributed by atoms with Gasteiger partial charge in [-0.05, 0) is 23.6 Å². The van der Waals surface area contributed by atoms with Crippen LogP contribution in [0.1, 0.15) is 0 Å². The van der Waals surface area contributed by atoms with Gasteiger partial charge in [-0.3, -0.25) is 0 Å². The van der Waals surface area contributed by atoms with Crippen LogP contribution < -0.4 is 10.1 Å². The number of para-hydroxylation sites is 1. The number of thiazole rings is 1. The Labute approximate surface area is 173 Å². The fourth-order valence-corrected chi connectivity index (χ4v) is 4.12. The van der Waals surface area contributed by atoms with Gasteiger partial charge in [-0.15, -0.1) is 0 Å². The van der Waals surface area contributed by atoms with Gasteiger partial charge in [0, 0.05) is 16.6 Å². The normalized spacial score (nSPS) is 10.8. The Morgan fingerprint density at radius 1 is 0.690 bits per heavy atom. The molecule has 0 aliphatic carbocycles. The van der Waals surface area contributed by atoms with E-state index in [4.69, 9.17) is 9.72 Å². The van der Waals surface area contributed by atoms with Gasteiger partial charge in [0.2, 0.25) is 5.06 Å². The molecule has 0 aliphatic rings. The molecule has 4 heteroatoms. The van der Waals surface area contributed by atoms with Crippen LogP contribution >= 0.6 is 11.3 Å². The second kappa shape index (κ2) is 7.78. The Hall–Kier alpha value is -3.63. The number of benzene rings is 4. The molecule has 29 heavy (non-hydrogen) atoms. The molecule has 0 saturated carbocycles. The molecule has 140 valence electrons. The number of aromatic nitrogens is 1. The van der Waals surface area contributed by atoms with E-state index in [1.807, 2.05) is 48.5 Å². The summed E-state index contributed by atoms with van der Waals surface area (Å²) in [4.78, 5) is 4.86. The van der Waals surface area contributed by atoms with E-state index in [0.717, 1.165) is 38.3 Å². The minimum absolute atomic E-state index is 0.769. The van der Waals surface area contributed by atoms with E-state index in [1.165, 1.54) is 16.7 Å². The summed E-state index contributed by atoms with van der Waals surface area (Å²) in [5.74, 6) is 0.796. The molecule has 0 aliphatic heterocycles. The average molecular weight is 394 g/mol. The molecule has 0 radical (unpaired) electrons. The molecule has 1 heterocycles. The summed E-state index contributed by atoms with van der Waals surface area (Å²) >= 11 is 1.51. The molecule has 4 aromatic carbocycles. The lowest BCUT2D eigenvalue weighted by molar-refractivity contribution is 0.497. The predicted molar refractivity (Wildman–Crippen MR) is 121 cm³/mol. The molecule has 0 spiro atoms. The quantitative estimate of drug-likeness (QED) is 0.335. The third-order valence-electron chi connectivity index (χ3n) is 4.63. The first-order valence-corrected chi connectivity index (χ1v) is 10.2. The zero-order valence-electron chi connectivity index (χ0n) is 15.6. The van der Waals surface area contributed by atoms with Gasteiger partial charge in [-0.1, -0.05) is 96.3 Å². The number of hydrogen-bond donors (Lipinski definition) is 1. The Morgan fingerprint density at radius 3 is 2.21 bits per heavy atom. The molecule has 1 N–H and O–H groups in total. The van der Waals surface area contributed by atoms with E-state index in [1.54, 1.807) is 0 Å². The molecule has 0 amide bonds. The van der Waals surface area contributed by atoms with E-state index < -0.39 is 0 Å². The first-order chi connectivity index (χ1) is 14.4. The van der Waals surface area contributed by atoms with Gasteiger partial charge in [0.1, 0.15) is 11.4 Å². The van der Waals surface area contributed by atoms with Crippen molar-refractivity contribution < 1.29 is 4.74 Å². The fraction of sp³-hybridized carbons (Fsp3) is 0. The average Bonchev–Trinajstić information content (AvgIpc) is 3.17. The van der Waals surface area contributed by atoms with Crippen LogP contribution in [-0.2, 0) is 0 Å². The zero-order valence-corrected chi connectivity index (χ0v) is 16.4. The molecule has 0 atom stereocenters. The molecule has 0 bridgehead atoms. The molecule has 0 saturated heterocycles. The fourth-order valence-electron chi connectivity index (χ4n) is 3.25. The van der Waals surface area contributed by atoms with E-state index in [2.05, 4.69) is 59.9 Å². The maximum absolute atomic E-state index is 6.19. The standard InChI is InChI=1S/C25H18N2OS/c1-3-11-19(12-4-1)23-24(28-20-14-5-2-6-15-20)29-25(27-23)26-22-17-9-13-18-10-7-8-16-21(18)22/h1-17H,(H,26,27). The van der Waals surface area contributed by atoms with Gasteiger partial charge in [0.05, 0.1) is 0 Å². The van der Waals surface area contributed by atoms with E-state index in [0.29, 0.717) is 0 Å². The van der Waals surface area contributed by atoms with Crippen molar-refractivity contribution in [2.75, 3.05) is 5.32 Å². The maximum atomic E-state index is 6.19. The topological polar surface area (TPSA) is 34.1 Å². The van der Waals surface area contributed by atoms with Crippen LogP contribution in [-0.4, -0.2) is 4.98 Å². The van der Waals surface area contributed by atoms with Crippen molar-refractivity contribution in [2.24, 2.45) is 0 Å². The minimum Gasteiger partial charge on any atom is -0.444 e. The van der Waals surface area contributed by atoms with Crippen molar-refractivity contribution in [1.29, 1.82) is 0 Å². The molecule has 3 nitrogen and oxygen atoms in total. The van der Waals surface area contributed by atoms with Gasteiger partial charge in [-0.2, -0.15) is 0 Å². The highest BCUT2D eigenvalue weighted by Gasteiger charge is 2.16. The highest BCUT2D eigenvalue weighted by atomic mass is 32.1. The number of hydrogen-bond acceptors (Lipinski definition) is 4. The maximum Gasteiger partial charge on any atom is 0.210 e. The number of anilines is 2. The molecular formula is C25H18N2OS. The van der Waals surface area contributed by atoms with Crippen LogP contribution in [0.25, 0.3) is 22.0 Å². The summed E-state index contributed by atoms with van der Waals surface area (Å²) in [7, 11) is 0. The summed E-state index contributed by atoms with van der Waals surface area (Å²) in [5, 5.41) is 7.41. The lowest BCUT2D eigenvalue weighted by Gasteiger charge is -2.06. The molecular weight excluding hydrogens is 376 g/mol. The van der Waals surface area contributed by atoms with Crippen LogP contribution in [0.15, 0.2) is 103 Å². The summed E-state index contributed by atoms with van der Waals surface area (Å²) in [6.07, 6.45) is 0. The first-order valence-electron chi connectivity index (χ1n) is 9.41. The van der Waals surface area contributed by atoms with Gasteiger partial charge in [0.25, 0.3) is 0 Å². The first kappa shape index (κ1) is 17.5. The van der Waals surface area contributed by atoms with Crippen molar-refractivity contribution in [1.82, 2.24) is 4.98 Å². The van der Waals surface area contributed by atoms with E-state index >= 15 is 0 Å². The SMILES string of the molecule is c1ccc(Oc2sc(Nc3cccc4ccccc34)nc2-c2ccccc2)cc1. The Morgan fingerprint density at radius 2 is 1.38 bits per heavy atom.